The lowest BCUT2D eigenvalue weighted by Crippen LogP contribution is -2.19. The van der Waals surface area contributed by atoms with Crippen molar-refractivity contribution in [1.82, 2.24) is 5.43 Å². The van der Waals surface area contributed by atoms with Gasteiger partial charge in [-0.3, -0.25) is 0 Å². The summed E-state index contributed by atoms with van der Waals surface area (Å²) in [6.45, 7) is 6.34. The molecule has 2 N–H and O–H groups in total. The van der Waals surface area contributed by atoms with Crippen LogP contribution >= 0.6 is 0 Å². The summed E-state index contributed by atoms with van der Waals surface area (Å²) in [5, 5.41) is 12.0. The van der Waals surface area contributed by atoms with Gasteiger partial charge in [0.1, 0.15) is 5.71 Å². The maximum atomic E-state index is 10.3. The maximum absolute atomic E-state index is 10.3. The highest BCUT2D eigenvalue weighted by molar-refractivity contribution is 6.34. The normalized spacial score (nSPS) is 11.0. The van der Waals surface area contributed by atoms with Gasteiger partial charge in [0, 0.05) is 0 Å². The van der Waals surface area contributed by atoms with Gasteiger partial charge >= 0.3 is 5.97 Å². The van der Waals surface area contributed by atoms with E-state index in [2.05, 4.69) is 17.1 Å². The first-order chi connectivity index (χ1) is 6.18. The lowest BCUT2D eigenvalue weighted by atomic mass is 10.4. The zero-order valence-electron chi connectivity index (χ0n) is 7.62. The molecule has 74 valence electrons. The molecule has 0 aliphatic rings. The van der Waals surface area contributed by atoms with Gasteiger partial charge in [0.15, 0.2) is 0 Å². The fraction of sp³-hybridized carbons (Fsp3) is 0.500. The highest BCUT2D eigenvalue weighted by Crippen LogP contribution is 1.76. The zero-order chi connectivity index (χ0) is 10.1. The number of hydrogen-bond donors (Lipinski definition) is 2. The highest BCUT2D eigenvalue weighted by Gasteiger charge is 1.99. The fourth-order valence-electron chi connectivity index (χ4n) is 0.507. The van der Waals surface area contributed by atoms with E-state index in [0.29, 0.717) is 19.8 Å². The first-order valence-electron chi connectivity index (χ1n) is 3.87. The molecule has 0 heterocycles. The molecule has 0 aromatic rings. The van der Waals surface area contributed by atoms with E-state index in [4.69, 9.17) is 9.84 Å². The first-order valence-corrected chi connectivity index (χ1v) is 3.87. The van der Waals surface area contributed by atoms with Gasteiger partial charge in [-0.2, -0.15) is 5.10 Å². The van der Waals surface area contributed by atoms with Crippen LogP contribution in [0.4, 0.5) is 0 Å². The quantitative estimate of drug-likeness (QED) is 0.258. The van der Waals surface area contributed by atoms with Gasteiger partial charge in [-0.1, -0.05) is 6.08 Å². The fourth-order valence-corrected chi connectivity index (χ4v) is 0.507. The first kappa shape index (κ1) is 11.6. The molecular formula is C8H14N2O3. The molecule has 13 heavy (non-hydrogen) atoms. The number of nitrogens with one attached hydrogen (secondary N) is 1. The predicted molar refractivity (Wildman–Crippen MR) is 49.8 cm³/mol. The topological polar surface area (TPSA) is 70.9 Å². The Morgan fingerprint density at radius 2 is 2.46 bits per heavy atom. The number of hydrogen-bond acceptors (Lipinski definition) is 4. The smallest absolute Gasteiger partial charge is 0.351 e. The standard InChI is InChI=1S/C8H14N2O3/c1-3-5-13-6-4-9-10-7(2)8(11)12/h3,9H,1,4-6H2,2H3,(H,11,12)/b10-7+. The van der Waals surface area contributed by atoms with Crippen molar-refractivity contribution in [3.05, 3.63) is 12.7 Å². The predicted octanol–water partition coefficient (Wildman–Crippen LogP) is 0.239. The van der Waals surface area contributed by atoms with Crippen LogP contribution in [0.2, 0.25) is 0 Å². The Morgan fingerprint density at radius 1 is 1.77 bits per heavy atom. The molecule has 0 aliphatic carbocycles. The second kappa shape index (κ2) is 7.30. The van der Waals surface area contributed by atoms with Crippen LogP contribution in [-0.2, 0) is 9.53 Å². The molecule has 0 atom stereocenters. The van der Waals surface area contributed by atoms with Gasteiger partial charge in [-0.15, -0.1) is 6.58 Å². The average molecular weight is 186 g/mol. The molecule has 0 radical (unpaired) electrons. The van der Waals surface area contributed by atoms with Crippen LogP contribution < -0.4 is 5.43 Å². The number of carboxylic acid groups (broad SMARTS) is 1. The molecule has 0 spiro atoms. The third kappa shape index (κ3) is 7.02. The molecule has 0 aliphatic heterocycles. The van der Waals surface area contributed by atoms with E-state index < -0.39 is 5.97 Å². The second-order valence-electron chi connectivity index (χ2n) is 2.27. The number of aliphatic carboxylic acids is 1. The molecular weight excluding hydrogens is 172 g/mol. The minimum Gasteiger partial charge on any atom is -0.477 e. The van der Waals surface area contributed by atoms with Crippen LogP contribution in [0.15, 0.2) is 17.8 Å². The minimum atomic E-state index is -1.03. The number of ether oxygens (including phenoxy) is 1. The Hall–Kier alpha value is -1.36. The second-order valence-corrected chi connectivity index (χ2v) is 2.27. The molecule has 0 bridgehead atoms. The van der Waals surface area contributed by atoms with Crippen molar-refractivity contribution in [2.45, 2.75) is 6.92 Å². The molecule has 5 nitrogen and oxygen atoms in total. The minimum absolute atomic E-state index is 0.0312. The van der Waals surface area contributed by atoms with Gasteiger partial charge in [-0.05, 0) is 6.92 Å². The van der Waals surface area contributed by atoms with Crippen molar-refractivity contribution in [3.63, 3.8) is 0 Å². The van der Waals surface area contributed by atoms with Crippen molar-refractivity contribution in [3.8, 4) is 0 Å². The third-order valence-corrected chi connectivity index (χ3v) is 1.15. The van der Waals surface area contributed by atoms with Crippen LogP contribution in [-0.4, -0.2) is 36.5 Å². The van der Waals surface area contributed by atoms with Crippen molar-refractivity contribution in [1.29, 1.82) is 0 Å². The molecule has 0 aromatic heterocycles. The molecule has 5 heteroatoms. The molecule has 0 aromatic carbocycles. The van der Waals surface area contributed by atoms with Crippen molar-refractivity contribution >= 4 is 11.7 Å². The van der Waals surface area contributed by atoms with Crippen molar-refractivity contribution < 1.29 is 14.6 Å². The van der Waals surface area contributed by atoms with E-state index >= 15 is 0 Å². The summed E-state index contributed by atoms with van der Waals surface area (Å²) in [6, 6.07) is 0. The Labute approximate surface area is 77.1 Å². The Balaban J connectivity index is 3.39. The number of carboxylic acids is 1. The van der Waals surface area contributed by atoms with Crippen LogP contribution in [0.1, 0.15) is 6.92 Å². The average Bonchev–Trinajstić information content (AvgIpc) is 2.10. The summed E-state index contributed by atoms with van der Waals surface area (Å²) in [5.41, 5.74) is 2.60. The van der Waals surface area contributed by atoms with E-state index in [-0.39, 0.29) is 5.71 Å². The monoisotopic (exact) mass is 186 g/mol. The maximum Gasteiger partial charge on any atom is 0.351 e. The molecule has 0 rings (SSSR count). The third-order valence-electron chi connectivity index (χ3n) is 1.15. The number of nitrogens with zero attached hydrogens (tertiary/aromatic N) is 1. The van der Waals surface area contributed by atoms with Gasteiger partial charge in [0.2, 0.25) is 0 Å². The van der Waals surface area contributed by atoms with Crippen molar-refractivity contribution in [2.24, 2.45) is 5.10 Å². The summed E-state index contributed by atoms with van der Waals surface area (Å²) < 4.78 is 5.03. The lowest BCUT2D eigenvalue weighted by molar-refractivity contribution is -0.129. The summed E-state index contributed by atoms with van der Waals surface area (Å²) >= 11 is 0. The summed E-state index contributed by atoms with van der Waals surface area (Å²) in [5.74, 6) is -1.03. The highest BCUT2D eigenvalue weighted by atomic mass is 16.5. The van der Waals surface area contributed by atoms with E-state index in [1.807, 2.05) is 0 Å². The van der Waals surface area contributed by atoms with Gasteiger partial charge in [0.25, 0.3) is 0 Å². The Morgan fingerprint density at radius 3 is 3.00 bits per heavy atom. The summed E-state index contributed by atoms with van der Waals surface area (Å²) in [7, 11) is 0. The van der Waals surface area contributed by atoms with Gasteiger partial charge < -0.3 is 15.3 Å². The van der Waals surface area contributed by atoms with Crippen LogP contribution in [0.3, 0.4) is 0 Å². The van der Waals surface area contributed by atoms with E-state index in [1.54, 1.807) is 6.08 Å². The van der Waals surface area contributed by atoms with Crippen LogP contribution in [0.5, 0.6) is 0 Å². The molecule has 0 amide bonds. The van der Waals surface area contributed by atoms with Gasteiger partial charge in [0.05, 0.1) is 19.8 Å². The number of carbonyl (C=O) groups is 1. The number of hydrazone groups is 1. The van der Waals surface area contributed by atoms with E-state index in [0.717, 1.165) is 0 Å². The summed E-state index contributed by atoms with van der Waals surface area (Å²) in [4.78, 5) is 10.3. The Kier molecular flexibility index (Phi) is 6.53. The van der Waals surface area contributed by atoms with Crippen molar-refractivity contribution in [2.75, 3.05) is 19.8 Å². The molecule has 0 unspecified atom stereocenters. The van der Waals surface area contributed by atoms with E-state index in [9.17, 15) is 4.79 Å². The molecule has 0 saturated carbocycles. The summed E-state index contributed by atoms with van der Waals surface area (Å²) in [6.07, 6.45) is 1.64. The SMILES string of the molecule is C=CCOCCN/N=C(\C)C(=O)O. The Bertz CT molecular complexity index is 202. The zero-order valence-corrected chi connectivity index (χ0v) is 7.62. The molecule has 0 fully saturated rings. The number of rotatable bonds is 7. The lowest BCUT2D eigenvalue weighted by Gasteiger charge is -2.00. The van der Waals surface area contributed by atoms with Gasteiger partial charge in [-0.25, -0.2) is 4.79 Å². The van der Waals surface area contributed by atoms with Crippen LogP contribution in [0, 0.1) is 0 Å². The largest absolute Gasteiger partial charge is 0.477 e. The molecule has 0 saturated heterocycles. The van der Waals surface area contributed by atoms with E-state index in [1.165, 1.54) is 6.92 Å². The van der Waals surface area contributed by atoms with Crippen LogP contribution in [0.25, 0.3) is 0 Å².